The van der Waals surface area contributed by atoms with Crippen LogP contribution >= 0.6 is 0 Å². The number of hydrogen-bond acceptors (Lipinski definition) is 3. The highest BCUT2D eigenvalue weighted by atomic mass is 16.5. The minimum absolute atomic E-state index is 0.0440. The molecule has 1 aliphatic carbocycles. The van der Waals surface area contributed by atoms with E-state index < -0.39 is 6.04 Å². The SMILES string of the molecule is CCOC(=O)C1CCCN1C(=O)c1cccn1C1CC1. The zero-order valence-corrected chi connectivity index (χ0v) is 11.7. The average Bonchev–Trinajstić information content (AvgIpc) is 2.99. The summed E-state index contributed by atoms with van der Waals surface area (Å²) in [5.41, 5.74) is 0.698. The van der Waals surface area contributed by atoms with Gasteiger partial charge in [-0.1, -0.05) is 0 Å². The molecule has 1 saturated heterocycles. The van der Waals surface area contributed by atoms with E-state index in [4.69, 9.17) is 4.74 Å². The molecule has 1 aliphatic heterocycles. The van der Waals surface area contributed by atoms with Crippen LogP contribution in [-0.4, -0.2) is 40.5 Å². The van der Waals surface area contributed by atoms with Gasteiger partial charge in [-0.05, 0) is 44.7 Å². The summed E-state index contributed by atoms with van der Waals surface area (Å²) in [6, 6.07) is 3.81. The van der Waals surface area contributed by atoms with Crippen molar-refractivity contribution in [2.45, 2.75) is 44.7 Å². The second kappa shape index (κ2) is 5.31. The molecule has 0 spiro atoms. The van der Waals surface area contributed by atoms with Crippen LogP contribution in [0.3, 0.4) is 0 Å². The van der Waals surface area contributed by atoms with Crippen molar-refractivity contribution in [3.63, 3.8) is 0 Å². The number of carbonyl (C=O) groups is 2. The van der Waals surface area contributed by atoms with E-state index in [0.717, 1.165) is 19.3 Å². The highest BCUT2D eigenvalue weighted by Gasteiger charge is 2.37. The number of hydrogen-bond donors (Lipinski definition) is 0. The van der Waals surface area contributed by atoms with Gasteiger partial charge in [0.1, 0.15) is 11.7 Å². The summed E-state index contributed by atoms with van der Waals surface area (Å²) in [5.74, 6) is -0.319. The zero-order valence-electron chi connectivity index (χ0n) is 11.7. The second-order valence-corrected chi connectivity index (χ2v) is 5.44. The number of esters is 1. The molecule has 1 aromatic heterocycles. The Labute approximate surface area is 118 Å². The second-order valence-electron chi connectivity index (χ2n) is 5.44. The van der Waals surface area contributed by atoms with Gasteiger partial charge in [0.25, 0.3) is 5.91 Å². The van der Waals surface area contributed by atoms with Crippen molar-refractivity contribution in [2.75, 3.05) is 13.2 Å². The van der Waals surface area contributed by atoms with Crippen LogP contribution in [0.25, 0.3) is 0 Å². The van der Waals surface area contributed by atoms with E-state index >= 15 is 0 Å². The summed E-state index contributed by atoms with van der Waals surface area (Å²) >= 11 is 0. The fourth-order valence-electron chi connectivity index (χ4n) is 2.89. The molecular weight excluding hydrogens is 256 g/mol. The largest absolute Gasteiger partial charge is 0.464 e. The van der Waals surface area contributed by atoms with Gasteiger partial charge in [0.2, 0.25) is 0 Å². The van der Waals surface area contributed by atoms with Crippen LogP contribution in [0.15, 0.2) is 18.3 Å². The average molecular weight is 276 g/mol. The third-order valence-electron chi connectivity index (χ3n) is 4.01. The number of ether oxygens (including phenoxy) is 1. The molecule has 0 aromatic carbocycles. The predicted octanol–water partition coefficient (Wildman–Crippen LogP) is 1.99. The summed E-state index contributed by atoms with van der Waals surface area (Å²) < 4.78 is 7.12. The number of amides is 1. The lowest BCUT2D eigenvalue weighted by atomic mass is 10.2. The van der Waals surface area contributed by atoms with Gasteiger partial charge >= 0.3 is 5.97 Å². The van der Waals surface area contributed by atoms with Gasteiger partial charge in [-0.3, -0.25) is 4.79 Å². The van der Waals surface area contributed by atoms with Crippen LogP contribution in [0.1, 0.15) is 49.1 Å². The fraction of sp³-hybridized carbons (Fsp3) is 0.600. The Morgan fingerprint density at radius 2 is 2.15 bits per heavy atom. The molecule has 5 nitrogen and oxygen atoms in total. The van der Waals surface area contributed by atoms with Crippen molar-refractivity contribution in [1.29, 1.82) is 0 Å². The molecule has 2 fully saturated rings. The Morgan fingerprint density at radius 3 is 2.85 bits per heavy atom. The number of carbonyl (C=O) groups excluding carboxylic acids is 2. The normalized spacial score (nSPS) is 22.1. The summed E-state index contributed by atoms with van der Waals surface area (Å²) in [6.45, 7) is 2.78. The van der Waals surface area contributed by atoms with Crippen LogP contribution in [0.4, 0.5) is 0 Å². The number of nitrogens with zero attached hydrogens (tertiary/aromatic N) is 2. The van der Waals surface area contributed by atoms with Gasteiger partial charge in [0, 0.05) is 18.8 Å². The van der Waals surface area contributed by atoms with Crippen LogP contribution in [0.5, 0.6) is 0 Å². The van der Waals surface area contributed by atoms with Crippen LogP contribution in [0, 0.1) is 0 Å². The van der Waals surface area contributed by atoms with E-state index in [1.54, 1.807) is 11.8 Å². The number of likely N-dealkylation sites (tertiary alicyclic amines) is 1. The molecule has 1 amide bonds. The van der Waals surface area contributed by atoms with Crippen molar-refractivity contribution < 1.29 is 14.3 Å². The standard InChI is InChI=1S/C15H20N2O3/c1-2-20-15(19)13-6-4-10-17(13)14(18)12-5-3-9-16(12)11-7-8-11/h3,5,9,11,13H,2,4,6-8,10H2,1H3. The van der Waals surface area contributed by atoms with E-state index in [0.29, 0.717) is 31.3 Å². The number of aromatic nitrogens is 1. The molecule has 3 rings (SSSR count). The lowest BCUT2D eigenvalue weighted by molar-refractivity contribution is -0.147. The maximum atomic E-state index is 12.7. The predicted molar refractivity (Wildman–Crippen MR) is 73.4 cm³/mol. The Bertz CT molecular complexity index is 519. The van der Waals surface area contributed by atoms with E-state index in [2.05, 4.69) is 0 Å². The molecule has 5 heteroatoms. The van der Waals surface area contributed by atoms with Crippen molar-refractivity contribution >= 4 is 11.9 Å². The topological polar surface area (TPSA) is 51.5 Å². The first-order valence-corrected chi connectivity index (χ1v) is 7.36. The summed E-state index contributed by atoms with van der Waals surface area (Å²) in [4.78, 5) is 26.3. The van der Waals surface area contributed by atoms with Gasteiger partial charge in [0.05, 0.1) is 6.61 Å². The lowest BCUT2D eigenvalue weighted by Crippen LogP contribution is -2.42. The van der Waals surface area contributed by atoms with E-state index in [-0.39, 0.29) is 11.9 Å². The van der Waals surface area contributed by atoms with Gasteiger partial charge in [-0.2, -0.15) is 0 Å². The Hall–Kier alpha value is -1.78. The van der Waals surface area contributed by atoms with Crippen LogP contribution in [0.2, 0.25) is 0 Å². The Balaban J connectivity index is 1.78. The van der Waals surface area contributed by atoms with Gasteiger partial charge in [-0.15, -0.1) is 0 Å². The molecule has 0 N–H and O–H groups in total. The van der Waals surface area contributed by atoms with E-state index in [1.807, 2.05) is 22.9 Å². The summed E-state index contributed by atoms with van der Waals surface area (Å²) in [5, 5.41) is 0. The zero-order chi connectivity index (χ0) is 14.1. The first-order chi connectivity index (χ1) is 9.72. The van der Waals surface area contributed by atoms with Crippen molar-refractivity contribution in [2.24, 2.45) is 0 Å². The third-order valence-corrected chi connectivity index (χ3v) is 4.01. The fourth-order valence-corrected chi connectivity index (χ4v) is 2.89. The molecule has 1 aromatic rings. The molecule has 108 valence electrons. The Kier molecular flexibility index (Phi) is 3.51. The molecular formula is C15H20N2O3. The molecule has 1 saturated carbocycles. The van der Waals surface area contributed by atoms with Crippen molar-refractivity contribution in [1.82, 2.24) is 9.47 Å². The molecule has 1 unspecified atom stereocenters. The first kappa shape index (κ1) is 13.2. The monoisotopic (exact) mass is 276 g/mol. The lowest BCUT2D eigenvalue weighted by Gasteiger charge is -2.23. The Morgan fingerprint density at radius 1 is 1.35 bits per heavy atom. The summed E-state index contributed by atoms with van der Waals surface area (Å²) in [6.07, 6.45) is 5.79. The van der Waals surface area contributed by atoms with Crippen LogP contribution in [-0.2, 0) is 9.53 Å². The molecule has 0 bridgehead atoms. The van der Waals surface area contributed by atoms with Gasteiger partial charge < -0.3 is 14.2 Å². The van der Waals surface area contributed by atoms with Crippen molar-refractivity contribution in [3.05, 3.63) is 24.0 Å². The molecule has 20 heavy (non-hydrogen) atoms. The molecule has 1 atom stereocenters. The number of rotatable bonds is 4. The molecule has 2 aliphatic rings. The minimum atomic E-state index is -0.412. The highest BCUT2D eigenvalue weighted by molar-refractivity contribution is 5.96. The van der Waals surface area contributed by atoms with E-state index in [9.17, 15) is 9.59 Å². The van der Waals surface area contributed by atoms with Gasteiger partial charge in [0.15, 0.2) is 0 Å². The smallest absolute Gasteiger partial charge is 0.328 e. The summed E-state index contributed by atoms with van der Waals surface area (Å²) in [7, 11) is 0. The first-order valence-electron chi connectivity index (χ1n) is 7.36. The van der Waals surface area contributed by atoms with Crippen LogP contribution < -0.4 is 0 Å². The minimum Gasteiger partial charge on any atom is -0.464 e. The van der Waals surface area contributed by atoms with Crippen molar-refractivity contribution in [3.8, 4) is 0 Å². The third kappa shape index (κ3) is 2.32. The maximum Gasteiger partial charge on any atom is 0.328 e. The van der Waals surface area contributed by atoms with Gasteiger partial charge in [-0.25, -0.2) is 4.79 Å². The van der Waals surface area contributed by atoms with E-state index in [1.165, 1.54) is 0 Å². The molecule has 0 radical (unpaired) electrons. The molecule has 2 heterocycles. The quantitative estimate of drug-likeness (QED) is 0.790. The highest BCUT2D eigenvalue weighted by Crippen LogP contribution is 2.36. The maximum absolute atomic E-state index is 12.7.